The van der Waals surface area contributed by atoms with Crippen molar-refractivity contribution in [3.8, 4) is 0 Å². The zero-order chi connectivity index (χ0) is 20.0. The summed E-state index contributed by atoms with van der Waals surface area (Å²) in [5, 5.41) is 15.3. The molecular formula is C18H25N5O3S2. The van der Waals surface area contributed by atoms with Crippen LogP contribution in [0.2, 0.25) is 0 Å². The Kier molecular flexibility index (Phi) is 6.97. The summed E-state index contributed by atoms with van der Waals surface area (Å²) in [7, 11) is -1.94. The first kappa shape index (κ1) is 20.7. The zero-order valence-corrected chi connectivity index (χ0v) is 17.4. The van der Waals surface area contributed by atoms with Gasteiger partial charge in [0, 0.05) is 12.5 Å². The predicted molar refractivity (Wildman–Crippen MR) is 110 cm³/mol. The van der Waals surface area contributed by atoms with Crippen LogP contribution in [0.4, 0.5) is 9.93 Å². The molecule has 1 aliphatic rings. The van der Waals surface area contributed by atoms with E-state index >= 15 is 0 Å². The second kappa shape index (κ2) is 9.44. The van der Waals surface area contributed by atoms with Crippen LogP contribution < -0.4 is 15.4 Å². The zero-order valence-electron chi connectivity index (χ0n) is 15.8. The number of urea groups is 1. The Hall–Kier alpha value is -2.04. The van der Waals surface area contributed by atoms with Gasteiger partial charge in [0.05, 0.1) is 5.75 Å². The van der Waals surface area contributed by atoms with E-state index in [9.17, 15) is 13.2 Å². The molecule has 3 rings (SSSR count). The first-order valence-corrected chi connectivity index (χ1v) is 11.8. The summed E-state index contributed by atoms with van der Waals surface area (Å²) in [4.78, 5) is 12.1. The molecule has 0 bridgehead atoms. The van der Waals surface area contributed by atoms with Crippen molar-refractivity contribution in [2.75, 3.05) is 12.4 Å². The lowest BCUT2D eigenvalue weighted by atomic mass is 9.90. The number of carbonyl (C=O) groups excluding carboxylic acids is 1. The van der Waals surface area contributed by atoms with Crippen molar-refractivity contribution < 1.29 is 13.2 Å². The van der Waals surface area contributed by atoms with Gasteiger partial charge < -0.3 is 5.32 Å². The number of anilines is 1. The third-order valence-electron chi connectivity index (χ3n) is 4.73. The van der Waals surface area contributed by atoms with Crippen molar-refractivity contribution in [3.05, 3.63) is 40.4 Å². The van der Waals surface area contributed by atoms with Gasteiger partial charge in [-0.05, 0) is 31.0 Å². The van der Waals surface area contributed by atoms with E-state index in [1.807, 2.05) is 6.07 Å². The number of hydrogen-bond donors (Lipinski definition) is 3. The van der Waals surface area contributed by atoms with Gasteiger partial charge in [0.1, 0.15) is 5.01 Å². The molecule has 2 amide bonds. The molecule has 1 fully saturated rings. The van der Waals surface area contributed by atoms with Gasteiger partial charge in [0.2, 0.25) is 15.2 Å². The molecular weight excluding hydrogens is 398 g/mol. The molecule has 8 nitrogen and oxygen atoms in total. The minimum atomic E-state index is -3.33. The summed E-state index contributed by atoms with van der Waals surface area (Å²) < 4.78 is 25.6. The van der Waals surface area contributed by atoms with Crippen LogP contribution in [0.15, 0.2) is 24.3 Å². The van der Waals surface area contributed by atoms with Crippen LogP contribution >= 0.6 is 11.3 Å². The molecule has 10 heteroatoms. The lowest BCUT2D eigenvalue weighted by Crippen LogP contribution is -2.28. The number of rotatable bonds is 7. The fraction of sp³-hybridized carbons (Fsp3) is 0.500. The number of sulfonamides is 1. The number of benzene rings is 1. The minimum absolute atomic E-state index is 0.0989. The maximum atomic E-state index is 12.1. The standard InChI is InChI=1S/C18H25N5O3S2/c1-19-28(25,26)12-14-7-5-6-13(10-14)11-20-17(24)21-18-23-22-16(27-18)15-8-3-2-4-9-15/h5-7,10,15,19H,2-4,8-9,11-12H2,1H3,(H2,20,21,23,24). The molecule has 0 aliphatic heterocycles. The van der Waals surface area contributed by atoms with Crippen molar-refractivity contribution in [1.82, 2.24) is 20.2 Å². The highest BCUT2D eigenvalue weighted by Crippen LogP contribution is 2.35. The van der Waals surface area contributed by atoms with E-state index in [-0.39, 0.29) is 18.3 Å². The molecule has 2 aromatic rings. The van der Waals surface area contributed by atoms with Gasteiger partial charge in [-0.1, -0.05) is 54.9 Å². The van der Waals surface area contributed by atoms with Crippen molar-refractivity contribution in [2.24, 2.45) is 0 Å². The molecule has 3 N–H and O–H groups in total. The second-order valence-corrected chi connectivity index (χ2v) is 9.81. The molecule has 1 saturated carbocycles. The van der Waals surface area contributed by atoms with E-state index in [1.54, 1.807) is 18.2 Å². The molecule has 152 valence electrons. The maximum absolute atomic E-state index is 12.1. The molecule has 1 heterocycles. The Labute approximate surface area is 169 Å². The Bertz CT molecular complexity index is 907. The van der Waals surface area contributed by atoms with Crippen molar-refractivity contribution in [3.63, 3.8) is 0 Å². The fourth-order valence-corrected chi connectivity index (χ4v) is 4.91. The topological polar surface area (TPSA) is 113 Å². The van der Waals surface area contributed by atoms with Gasteiger partial charge in [-0.2, -0.15) is 0 Å². The van der Waals surface area contributed by atoms with Crippen LogP contribution in [0, 0.1) is 0 Å². The average Bonchev–Trinajstić information content (AvgIpc) is 3.15. The van der Waals surface area contributed by atoms with E-state index in [4.69, 9.17) is 0 Å². The van der Waals surface area contributed by atoms with Crippen molar-refractivity contribution in [2.45, 2.75) is 50.3 Å². The normalized spacial score (nSPS) is 15.3. The van der Waals surface area contributed by atoms with E-state index < -0.39 is 10.0 Å². The number of nitrogens with zero attached hydrogens (tertiary/aromatic N) is 2. The molecule has 0 atom stereocenters. The number of aromatic nitrogens is 2. The molecule has 1 aromatic heterocycles. The molecule has 1 aliphatic carbocycles. The van der Waals surface area contributed by atoms with E-state index in [1.165, 1.54) is 37.6 Å². The Balaban J connectivity index is 1.51. The monoisotopic (exact) mass is 423 g/mol. The third kappa shape index (κ3) is 5.98. The summed E-state index contributed by atoms with van der Waals surface area (Å²) in [6.07, 6.45) is 6.01. The highest BCUT2D eigenvalue weighted by Gasteiger charge is 2.20. The highest BCUT2D eigenvalue weighted by molar-refractivity contribution is 7.88. The first-order valence-electron chi connectivity index (χ1n) is 9.32. The van der Waals surface area contributed by atoms with Gasteiger partial charge in [-0.25, -0.2) is 17.9 Å². The smallest absolute Gasteiger partial charge is 0.321 e. The van der Waals surface area contributed by atoms with Gasteiger partial charge in [0.25, 0.3) is 0 Å². The Morgan fingerprint density at radius 2 is 1.93 bits per heavy atom. The summed E-state index contributed by atoms with van der Waals surface area (Å²) in [5.41, 5.74) is 1.48. The van der Waals surface area contributed by atoms with E-state index in [0.717, 1.165) is 23.4 Å². The summed E-state index contributed by atoms with van der Waals surface area (Å²) >= 11 is 1.43. The van der Waals surface area contributed by atoms with Crippen LogP contribution in [0.1, 0.15) is 54.2 Å². The number of amides is 2. The molecule has 0 radical (unpaired) electrons. The van der Waals surface area contributed by atoms with Gasteiger partial charge >= 0.3 is 6.03 Å². The average molecular weight is 424 g/mol. The SMILES string of the molecule is CNS(=O)(=O)Cc1cccc(CNC(=O)Nc2nnc(C3CCCCC3)s2)c1. The van der Waals surface area contributed by atoms with Crippen molar-refractivity contribution >= 4 is 32.5 Å². The van der Waals surface area contributed by atoms with Crippen LogP contribution in [0.5, 0.6) is 0 Å². The first-order chi connectivity index (χ1) is 13.4. The summed E-state index contributed by atoms with van der Waals surface area (Å²) in [6, 6.07) is 6.76. The lowest BCUT2D eigenvalue weighted by molar-refractivity contribution is 0.251. The largest absolute Gasteiger partial charge is 0.334 e. The third-order valence-corrected chi connectivity index (χ3v) is 7.06. The number of carbonyl (C=O) groups is 1. The molecule has 28 heavy (non-hydrogen) atoms. The number of nitrogens with one attached hydrogen (secondary N) is 3. The lowest BCUT2D eigenvalue weighted by Gasteiger charge is -2.18. The quantitative estimate of drug-likeness (QED) is 0.634. The Morgan fingerprint density at radius 3 is 2.68 bits per heavy atom. The van der Waals surface area contributed by atoms with Crippen LogP contribution in [-0.4, -0.2) is 31.7 Å². The highest BCUT2D eigenvalue weighted by atomic mass is 32.2. The Morgan fingerprint density at radius 1 is 1.18 bits per heavy atom. The van der Waals surface area contributed by atoms with Crippen LogP contribution in [0.3, 0.4) is 0 Å². The summed E-state index contributed by atoms with van der Waals surface area (Å²) in [6.45, 7) is 0.285. The predicted octanol–water partition coefficient (Wildman–Crippen LogP) is 2.96. The molecule has 0 saturated heterocycles. The van der Waals surface area contributed by atoms with E-state index in [2.05, 4.69) is 25.6 Å². The van der Waals surface area contributed by atoms with Gasteiger partial charge in [-0.15, -0.1) is 10.2 Å². The van der Waals surface area contributed by atoms with Crippen LogP contribution in [-0.2, 0) is 22.3 Å². The molecule has 0 unspecified atom stereocenters. The summed E-state index contributed by atoms with van der Waals surface area (Å²) in [5.74, 6) is 0.361. The van der Waals surface area contributed by atoms with E-state index in [0.29, 0.717) is 16.6 Å². The molecule has 0 spiro atoms. The second-order valence-electron chi connectivity index (χ2n) is 6.87. The molecule has 1 aromatic carbocycles. The number of hydrogen-bond acceptors (Lipinski definition) is 6. The van der Waals surface area contributed by atoms with Gasteiger partial charge in [-0.3, -0.25) is 5.32 Å². The maximum Gasteiger partial charge on any atom is 0.321 e. The fourth-order valence-electron chi connectivity index (χ4n) is 3.24. The van der Waals surface area contributed by atoms with Crippen molar-refractivity contribution in [1.29, 1.82) is 0 Å². The minimum Gasteiger partial charge on any atom is -0.334 e. The van der Waals surface area contributed by atoms with Crippen LogP contribution in [0.25, 0.3) is 0 Å². The van der Waals surface area contributed by atoms with Gasteiger partial charge in [0.15, 0.2) is 0 Å².